The molecule has 0 aliphatic rings. The Hall–Kier alpha value is -3.19. The minimum absolute atomic E-state index is 0.0133. The molecule has 0 saturated heterocycles. The van der Waals surface area contributed by atoms with Crippen molar-refractivity contribution in [3.05, 3.63) is 65.4 Å². The van der Waals surface area contributed by atoms with Crippen LogP contribution in [0, 0.1) is 0 Å². The highest BCUT2D eigenvalue weighted by molar-refractivity contribution is 6.30. The average Bonchev–Trinajstić information content (AvgIpc) is 2.62. The quantitative estimate of drug-likeness (QED) is 0.685. The van der Waals surface area contributed by atoms with Crippen molar-refractivity contribution in [1.82, 2.24) is 15.0 Å². The van der Waals surface area contributed by atoms with Gasteiger partial charge in [0.05, 0.1) is 6.42 Å². The number of nitrogens with one attached hydrogen (secondary N) is 1. The Morgan fingerprint density at radius 2 is 1.96 bits per heavy atom. The van der Waals surface area contributed by atoms with E-state index in [1.54, 1.807) is 35.2 Å². The molecule has 1 heterocycles. The van der Waals surface area contributed by atoms with E-state index in [9.17, 15) is 4.79 Å². The zero-order chi connectivity index (χ0) is 18.5. The van der Waals surface area contributed by atoms with Gasteiger partial charge in [0.2, 0.25) is 11.9 Å². The van der Waals surface area contributed by atoms with Gasteiger partial charge >= 0.3 is 5.97 Å². The highest BCUT2D eigenvalue weighted by Crippen LogP contribution is 2.24. The third-order valence-electron chi connectivity index (χ3n) is 3.62. The van der Waals surface area contributed by atoms with E-state index in [0.29, 0.717) is 16.9 Å². The van der Waals surface area contributed by atoms with Gasteiger partial charge in [-0.3, -0.25) is 4.79 Å². The normalized spacial score (nSPS) is 10.4. The molecule has 2 N–H and O–H groups in total. The van der Waals surface area contributed by atoms with Crippen molar-refractivity contribution in [2.75, 3.05) is 17.3 Å². The van der Waals surface area contributed by atoms with E-state index in [2.05, 4.69) is 20.3 Å². The zero-order valence-corrected chi connectivity index (χ0v) is 14.7. The summed E-state index contributed by atoms with van der Waals surface area (Å²) in [5.74, 6) is -0.0148. The van der Waals surface area contributed by atoms with Gasteiger partial charge in [-0.25, -0.2) is 9.97 Å². The van der Waals surface area contributed by atoms with Crippen LogP contribution in [0.3, 0.4) is 0 Å². The first-order chi connectivity index (χ1) is 12.5. The highest BCUT2D eigenvalue weighted by atomic mass is 35.5. The van der Waals surface area contributed by atoms with E-state index in [1.807, 2.05) is 25.2 Å². The summed E-state index contributed by atoms with van der Waals surface area (Å²) in [6.45, 7) is 0. The zero-order valence-electron chi connectivity index (χ0n) is 13.9. The number of rotatable bonds is 6. The van der Waals surface area contributed by atoms with Gasteiger partial charge in [-0.1, -0.05) is 29.8 Å². The first-order valence-corrected chi connectivity index (χ1v) is 8.15. The molecule has 0 atom stereocenters. The smallest absolute Gasteiger partial charge is 0.307 e. The molecule has 0 fully saturated rings. The molecule has 0 unspecified atom stereocenters. The number of hydrogen-bond acceptors (Lipinski definition) is 6. The number of aliphatic carboxylic acids is 1. The Bertz CT molecular complexity index is 917. The third-order valence-corrected chi connectivity index (χ3v) is 3.86. The van der Waals surface area contributed by atoms with Crippen LogP contribution in [0.2, 0.25) is 5.02 Å². The van der Waals surface area contributed by atoms with E-state index in [-0.39, 0.29) is 6.42 Å². The lowest BCUT2D eigenvalue weighted by atomic mass is 10.1. The molecule has 0 saturated carbocycles. The van der Waals surface area contributed by atoms with Crippen molar-refractivity contribution in [3.63, 3.8) is 0 Å². The Morgan fingerprint density at radius 1 is 1.19 bits per heavy atom. The summed E-state index contributed by atoms with van der Waals surface area (Å²) in [5.41, 5.74) is 2.33. The third kappa shape index (κ3) is 4.46. The second-order valence-corrected chi connectivity index (χ2v) is 5.98. The molecule has 1 aromatic heterocycles. The Kier molecular flexibility index (Phi) is 5.28. The van der Waals surface area contributed by atoms with E-state index in [4.69, 9.17) is 16.7 Å². The minimum Gasteiger partial charge on any atom is -0.481 e. The number of hydrogen-bond donors (Lipinski definition) is 2. The van der Waals surface area contributed by atoms with Gasteiger partial charge in [-0.05, 0) is 35.9 Å². The predicted molar refractivity (Wildman–Crippen MR) is 100 cm³/mol. The summed E-state index contributed by atoms with van der Waals surface area (Å²) in [7, 11) is 1.84. The standard InChI is InChI=1S/C18H16ClN5O2/c1-24(15-4-2-3-13(19)10-15)18-21-11-20-17(23-18)22-14-7-5-12(6-8-14)9-16(25)26/h2-8,10-11H,9H2,1H3,(H,25,26)(H,20,21,22,23). The maximum absolute atomic E-state index is 10.7. The summed E-state index contributed by atoms with van der Waals surface area (Å²) >= 11 is 6.03. The number of carbonyl (C=O) groups is 1. The van der Waals surface area contributed by atoms with Crippen LogP contribution in [0.25, 0.3) is 0 Å². The average molecular weight is 370 g/mol. The van der Waals surface area contributed by atoms with Gasteiger partial charge in [0.25, 0.3) is 0 Å². The molecule has 0 aliphatic carbocycles. The van der Waals surface area contributed by atoms with Crippen LogP contribution in [0.4, 0.5) is 23.3 Å². The van der Waals surface area contributed by atoms with E-state index in [0.717, 1.165) is 16.9 Å². The molecule has 7 nitrogen and oxygen atoms in total. The molecule has 3 rings (SSSR count). The lowest BCUT2D eigenvalue weighted by Crippen LogP contribution is -2.14. The molecule has 0 radical (unpaired) electrons. The molecule has 8 heteroatoms. The highest BCUT2D eigenvalue weighted by Gasteiger charge is 2.09. The van der Waals surface area contributed by atoms with Crippen LogP contribution < -0.4 is 10.2 Å². The number of nitrogens with zero attached hydrogens (tertiary/aromatic N) is 4. The lowest BCUT2D eigenvalue weighted by molar-refractivity contribution is -0.136. The molecule has 0 aliphatic heterocycles. The van der Waals surface area contributed by atoms with Gasteiger partial charge in [0, 0.05) is 23.4 Å². The Labute approximate surface area is 155 Å². The first kappa shape index (κ1) is 17.6. The lowest BCUT2D eigenvalue weighted by Gasteiger charge is -2.17. The summed E-state index contributed by atoms with van der Waals surface area (Å²) in [4.78, 5) is 25.2. The van der Waals surface area contributed by atoms with Crippen molar-refractivity contribution >= 4 is 40.8 Å². The second kappa shape index (κ2) is 7.79. The van der Waals surface area contributed by atoms with Gasteiger partial charge in [-0.15, -0.1) is 0 Å². The van der Waals surface area contributed by atoms with E-state index >= 15 is 0 Å². The summed E-state index contributed by atoms with van der Waals surface area (Å²) < 4.78 is 0. The number of benzene rings is 2. The summed E-state index contributed by atoms with van der Waals surface area (Å²) in [5, 5.41) is 12.5. The number of carboxylic acid groups (broad SMARTS) is 1. The number of aromatic nitrogens is 3. The molecule has 3 aromatic rings. The monoisotopic (exact) mass is 369 g/mol. The number of carboxylic acids is 1. The summed E-state index contributed by atoms with van der Waals surface area (Å²) in [6, 6.07) is 14.4. The Morgan fingerprint density at radius 3 is 2.65 bits per heavy atom. The van der Waals surface area contributed by atoms with Crippen molar-refractivity contribution in [3.8, 4) is 0 Å². The van der Waals surface area contributed by atoms with Crippen LogP contribution in [0.5, 0.6) is 0 Å². The van der Waals surface area contributed by atoms with Crippen LogP contribution in [-0.4, -0.2) is 33.1 Å². The van der Waals surface area contributed by atoms with Crippen LogP contribution in [0.1, 0.15) is 5.56 Å². The molecule has 0 spiro atoms. The fraction of sp³-hybridized carbons (Fsp3) is 0.111. The van der Waals surface area contributed by atoms with Crippen molar-refractivity contribution in [1.29, 1.82) is 0 Å². The molecule has 0 amide bonds. The van der Waals surface area contributed by atoms with Gasteiger partial charge in [-0.2, -0.15) is 4.98 Å². The van der Waals surface area contributed by atoms with Crippen molar-refractivity contribution in [2.24, 2.45) is 0 Å². The maximum Gasteiger partial charge on any atom is 0.307 e. The van der Waals surface area contributed by atoms with E-state index in [1.165, 1.54) is 6.33 Å². The number of anilines is 4. The topological polar surface area (TPSA) is 91.2 Å². The molecular weight excluding hydrogens is 354 g/mol. The van der Waals surface area contributed by atoms with Crippen LogP contribution >= 0.6 is 11.6 Å². The first-order valence-electron chi connectivity index (χ1n) is 7.77. The Balaban J connectivity index is 1.76. The summed E-state index contributed by atoms with van der Waals surface area (Å²) in [6.07, 6.45) is 1.41. The van der Waals surface area contributed by atoms with Crippen molar-refractivity contribution < 1.29 is 9.90 Å². The molecule has 0 bridgehead atoms. The maximum atomic E-state index is 10.7. The van der Waals surface area contributed by atoms with Crippen LogP contribution in [-0.2, 0) is 11.2 Å². The molecular formula is C18H16ClN5O2. The molecule has 2 aromatic carbocycles. The van der Waals surface area contributed by atoms with Gasteiger partial charge < -0.3 is 15.3 Å². The SMILES string of the molecule is CN(c1cccc(Cl)c1)c1ncnc(Nc2ccc(CC(=O)O)cc2)n1. The minimum atomic E-state index is -0.864. The predicted octanol–water partition coefficient (Wildman–Crippen LogP) is 3.66. The van der Waals surface area contributed by atoms with Crippen molar-refractivity contribution in [2.45, 2.75) is 6.42 Å². The largest absolute Gasteiger partial charge is 0.481 e. The van der Waals surface area contributed by atoms with Crippen LogP contribution in [0.15, 0.2) is 54.9 Å². The number of halogens is 1. The fourth-order valence-corrected chi connectivity index (χ4v) is 2.50. The van der Waals surface area contributed by atoms with E-state index < -0.39 is 5.97 Å². The van der Waals surface area contributed by atoms with Gasteiger partial charge in [0.15, 0.2) is 0 Å². The second-order valence-electron chi connectivity index (χ2n) is 5.54. The molecule has 26 heavy (non-hydrogen) atoms. The van der Waals surface area contributed by atoms with Gasteiger partial charge in [0.1, 0.15) is 6.33 Å². The molecule has 132 valence electrons. The fourth-order valence-electron chi connectivity index (χ4n) is 2.32.